The van der Waals surface area contributed by atoms with E-state index in [1.54, 1.807) is 6.07 Å². The number of β-amino-alcohol motifs (C(OH)–C–C–N with tert-alkyl or cyclic N) is 1. The molecule has 0 aliphatic carbocycles. The lowest BCUT2D eigenvalue weighted by molar-refractivity contribution is -0.123. The molecule has 5 nitrogen and oxygen atoms in total. The number of nitrogens with one attached hydrogen (secondary N) is 2. The molecule has 1 aromatic carbocycles. The Morgan fingerprint density at radius 1 is 1.39 bits per heavy atom. The third kappa shape index (κ3) is 3.82. The normalized spacial score (nSPS) is 25.6. The van der Waals surface area contributed by atoms with Gasteiger partial charge in [0.05, 0.1) is 17.8 Å². The Balaban J connectivity index is 1.52. The number of nitrogens with zero attached hydrogens (tertiary/aromatic N) is 1. The highest BCUT2D eigenvalue weighted by Gasteiger charge is 2.30. The summed E-state index contributed by atoms with van der Waals surface area (Å²) in [5.41, 5.74) is 1.69. The molecule has 3 N–H and O–H groups in total. The van der Waals surface area contributed by atoms with E-state index in [9.17, 15) is 14.3 Å². The SMILES string of the molecule is Cc1ccc(F)c(N2CCC(NC(=O)[C@H]3C[C@@H](O)CN3)CC2)c1. The molecule has 0 unspecified atom stereocenters. The number of carbonyl (C=O) groups excluding carboxylic acids is 1. The molecule has 1 aromatic rings. The maximum atomic E-state index is 14.0. The van der Waals surface area contributed by atoms with E-state index >= 15 is 0 Å². The lowest BCUT2D eigenvalue weighted by Gasteiger charge is -2.34. The van der Waals surface area contributed by atoms with Gasteiger partial charge in [0.1, 0.15) is 5.82 Å². The first-order valence-corrected chi connectivity index (χ1v) is 8.26. The third-order valence-corrected chi connectivity index (χ3v) is 4.71. The van der Waals surface area contributed by atoms with Gasteiger partial charge < -0.3 is 20.6 Å². The zero-order valence-corrected chi connectivity index (χ0v) is 13.4. The van der Waals surface area contributed by atoms with E-state index in [2.05, 4.69) is 10.6 Å². The summed E-state index contributed by atoms with van der Waals surface area (Å²) in [5.74, 6) is -0.232. The highest BCUT2D eigenvalue weighted by atomic mass is 19.1. The first-order valence-electron chi connectivity index (χ1n) is 8.26. The maximum Gasteiger partial charge on any atom is 0.237 e. The van der Waals surface area contributed by atoms with Gasteiger partial charge in [-0.05, 0) is 43.9 Å². The van der Waals surface area contributed by atoms with Crippen molar-refractivity contribution in [2.45, 2.75) is 44.4 Å². The van der Waals surface area contributed by atoms with E-state index in [-0.39, 0.29) is 23.8 Å². The lowest BCUT2D eigenvalue weighted by Crippen LogP contribution is -2.49. The number of aliphatic hydroxyl groups excluding tert-OH is 1. The van der Waals surface area contributed by atoms with Crippen LogP contribution in [0, 0.1) is 12.7 Å². The Labute approximate surface area is 135 Å². The predicted octanol–water partition coefficient (Wildman–Crippen LogP) is 0.942. The number of halogens is 1. The number of hydrogen-bond acceptors (Lipinski definition) is 4. The summed E-state index contributed by atoms with van der Waals surface area (Å²) in [5, 5.41) is 15.5. The van der Waals surface area contributed by atoms with Gasteiger partial charge in [-0.3, -0.25) is 4.79 Å². The fourth-order valence-electron chi connectivity index (χ4n) is 3.35. The van der Waals surface area contributed by atoms with Crippen LogP contribution in [0.4, 0.5) is 10.1 Å². The standard InChI is InChI=1S/C17H24FN3O2/c1-11-2-3-14(18)16(8-11)21-6-4-12(5-7-21)20-17(23)15-9-13(22)10-19-15/h2-3,8,12-13,15,19,22H,4-7,9-10H2,1H3,(H,20,23)/t13-,15-/m1/s1. The van der Waals surface area contributed by atoms with Crippen LogP contribution in [0.15, 0.2) is 18.2 Å². The Kier molecular flexibility index (Phi) is 4.82. The largest absolute Gasteiger partial charge is 0.392 e. The average molecular weight is 321 g/mol. The van der Waals surface area contributed by atoms with Gasteiger partial charge in [0, 0.05) is 25.7 Å². The molecule has 1 amide bonds. The van der Waals surface area contributed by atoms with Gasteiger partial charge >= 0.3 is 0 Å². The van der Waals surface area contributed by atoms with Gasteiger partial charge in [0.15, 0.2) is 0 Å². The highest BCUT2D eigenvalue weighted by Crippen LogP contribution is 2.24. The van der Waals surface area contributed by atoms with E-state index in [0.717, 1.165) is 31.5 Å². The molecule has 126 valence electrons. The number of anilines is 1. The molecule has 2 heterocycles. The Morgan fingerprint density at radius 3 is 2.78 bits per heavy atom. The van der Waals surface area contributed by atoms with Crippen molar-refractivity contribution in [2.75, 3.05) is 24.5 Å². The summed E-state index contributed by atoms with van der Waals surface area (Å²) in [6, 6.07) is 4.98. The number of aliphatic hydroxyl groups is 1. The molecule has 2 aliphatic rings. The number of piperidine rings is 1. The van der Waals surface area contributed by atoms with Crippen LogP contribution in [-0.2, 0) is 4.79 Å². The van der Waals surface area contributed by atoms with Crippen molar-refractivity contribution >= 4 is 11.6 Å². The number of amides is 1. The van der Waals surface area contributed by atoms with Crippen molar-refractivity contribution in [1.82, 2.24) is 10.6 Å². The Hall–Kier alpha value is -1.66. The summed E-state index contributed by atoms with van der Waals surface area (Å²) in [4.78, 5) is 14.2. The van der Waals surface area contributed by atoms with Gasteiger partial charge in [-0.25, -0.2) is 4.39 Å². The lowest BCUT2D eigenvalue weighted by atomic mass is 10.0. The summed E-state index contributed by atoms with van der Waals surface area (Å²) < 4.78 is 14.0. The molecule has 2 atom stereocenters. The van der Waals surface area contributed by atoms with Crippen LogP contribution in [0.1, 0.15) is 24.8 Å². The number of hydrogen-bond donors (Lipinski definition) is 3. The fraction of sp³-hybridized carbons (Fsp3) is 0.588. The van der Waals surface area contributed by atoms with Gasteiger partial charge in [-0.2, -0.15) is 0 Å². The topological polar surface area (TPSA) is 64.6 Å². The van der Waals surface area contributed by atoms with Crippen LogP contribution >= 0.6 is 0 Å². The fourth-order valence-corrected chi connectivity index (χ4v) is 3.35. The summed E-state index contributed by atoms with van der Waals surface area (Å²) in [7, 11) is 0. The second-order valence-electron chi connectivity index (χ2n) is 6.58. The molecule has 2 fully saturated rings. The number of aryl methyl sites for hydroxylation is 1. The molecular formula is C17H24FN3O2. The summed E-state index contributed by atoms with van der Waals surface area (Å²) in [6.45, 7) is 3.89. The van der Waals surface area contributed by atoms with E-state index in [1.165, 1.54) is 6.07 Å². The number of benzene rings is 1. The molecule has 0 aromatic heterocycles. The van der Waals surface area contributed by atoms with Crippen LogP contribution in [0.2, 0.25) is 0 Å². The Bertz CT molecular complexity index is 573. The minimum atomic E-state index is -0.433. The first kappa shape index (κ1) is 16.2. The van der Waals surface area contributed by atoms with Crippen molar-refractivity contribution in [3.8, 4) is 0 Å². The average Bonchev–Trinajstić information content (AvgIpc) is 2.97. The van der Waals surface area contributed by atoms with Crippen molar-refractivity contribution in [3.63, 3.8) is 0 Å². The predicted molar refractivity (Wildman–Crippen MR) is 86.9 cm³/mol. The van der Waals surface area contributed by atoms with E-state index < -0.39 is 6.10 Å². The molecule has 0 spiro atoms. The highest BCUT2D eigenvalue weighted by molar-refractivity contribution is 5.82. The van der Waals surface area contributed by atoms with Gasteiger partial charge in [0.25, 0.3) is 0 Å². The molecule has 2 aliphatic heterocycles. The molecule has 0 saturated carbocycles. The van der Waals surface area contributed by atoms with Crippen LogP contribution in [0.25, 0.3) is 0 Å². The molecule has 2 saturated heterocycles. The second-order valence-corrected chi connectivity index (χ2v) is 6.58. The molecule has 0 radical (unpaired) electrons. The van der Waals surface area contributed by atoms with Crippen molar-refractivity contribution in [2.24, 2.45) is 0 Å². The van der Waals surface area contributed by atoms with E-state index in [4.69, 9.17) is 0 Å². The summed E-state index contributed by atoms with van der Waals surface area (Å²) in [6.07, 6.45) is 1.64. The molecule has 3 rings (SSSR count). The van der Waals surface area contributed by atoms with Crippen molar-refractivity contribution < 1.29 is 14.3 Å². The van der Waals surface area contributed by atoms with Crippen LogP contribution in [-0.4, -0.2) is 48.8 Å². The Morgan fingerprint density at radius 2 is 2.13 bits per heavy atom. The minimum absolute atomic E-state index is 0.0401. The number of carbonyl (C=O) groups is 1. The minimum Gasteiger partial charge on any atom is -0.392 e. The smallest absolute Gasteiger partial charge is 0.237 e. The van der Waals surface area contributed by atoms with E-state index in [1.807, 2.05) is 17.9 Å². The zero-order valence-electron chi connectivity index (χ0n) is 13.4. The molecule has 6 heteroatoms. The molecule has 23 heavy (non-hydrogen) atoms. The van der Waals surface area contributed by atoms with Crippen LogP contribution in [0.3, 0.4) is 0 Å². The van der Waals surface area contributed by atoms with Gasteiger partial charge in [-0.1, -0.05) is 6.07 Å². The first-order chi connectivity index (χ1) is 11.0. The van der Waals surface area contributed by atoms with Crippen molar-refractivity contribution in [3.05, 3.63) is 29.6 Å². The van der Waals surface area contributed by atoms with Gasteiger partial charge in [0.2, 0.25) is 5.91 Å². The van der Waals surface area contributed by atoms with Crippen LogP contribution < -0.4 is 15.5 Å². The van der Waals surface area contributed by atoms with Crippen LogP contribution in [0.5, 0.6) is 0 Å². The van der Waals surface area contributed by atoms with E-state index in [0.29, 0.717) is 18.7 Å². The maximum absolute atomic E-state index is 14.0. The second kappa shape index (κ2) is 6.84. The summed E-state index contributed by atoms with van der Waals surface area (Å²) >= 11 is 0. The quantitative estimate of drug-likeness (QED) is 0.775. The number of rotatable bonds is 3. The monoisotopic (exact) mass is 321 g/mol. The zero-order chi connectivity index (χ0) is 16.4. The molecule has 0 bridgehead atoms. The van der Waals surface area contributed by atoms with Crippen molar-refractivity contribution in [1.29, 1.82) is 0 Å². The third-order valence-electron chi connectivity index (χ3n) is 4.71. The molecular weight excluding hydrogens is 297 g/mol. The van der Waals surface area contributed by atoms with Gasteiger partial charge in [-0.15, -0.1) is 0 Å².